The van der Waals surface area contributed by atoms with Gasteiger partial charge in [-0.2, -0.15) is 0 Å². The van der Waals surface area contributed by atoms with Crippen LogP contribution in [0.25, 0.3) is 0 Å². The quantitative estimate of drug-likeness (QED) is 0.508. The SMILES string of the molecule is CC(C)[C@H](C)N1COc2ccc(C(C)(C)c3ccc4c(c3)CN([C@@H](C)C(C)C)CO4)cc2C1. The number of hydrogen-bond acceptors (Lipinski definition) is 4. The van der Waals surface area contributed by atoms with Gasteiger partial charge in [-0.05, 0) is 61.1 Å². The number of benzene rings is 2. The molecular formula is C29H42N2O2. The minimum absolute atomic E-state index is 0.109. The molecule has 0 bridgehead atoms. The number of fused-ring (bicyclic) bond motifs is 2. The van der Waals surface area contributed by atoms with E-state index in [0.717, 1.165) is 24.6 Å². The Kier molecular flexibility index (Phi) is 6.80. The van der Waals surface area contributed by atoms with Crippen molar-refractivity contribution in [1.29, 1.82) is 0 Å². The lowest BCUT2D eigenvalue weighted by atomic mass is 9.77. The maximum Gasteiger partial charge on any atom is 0.142 e. The molecule has 4 heteroatoms. The lowest BCUT2D eigenvalue weighted by Crippen LogP contribution is -2.41. The van der Waals surface area contributed by atoms with E-state index in [-0.39, 0.29) is 5.41 Å². The Balaban J connectivity index is 1.59. The van der Waals surface area contributed by atoms with E-state index >= 15 is 0 Å². The predicted molar refractivity (Wildman–Crippen MR) is 136 cm³/mol. The second-order valence-corrected chi connectivity index (χ2v) is 11.3. The molecule has 0 aromatic heterocycles. The van der Waals surface area contributed by atoms with Gasteiger partial charge in [0.1, 0.15) is 25.0 Å². The molecule has 0 amide bonds. The van der Waals surface area contributed by atoms with Crippen LogP contribution in [0.5, 0.6) is 11.5 Å². The highest BCUT2D eigenvalue weighted by molar-refractivity contribution is 5.48. The second kappa shape index (κ2) is 9.31. The Morgan fingerprint density at radius 2 is 1.06 bits per heavy atom. The number of nitrogens with zero attached hydrogens (tertiary/aromatic N) is 2. The van der Waals surface area contributed by atoms with Gasteiger partial charge in [0.25, 0.3) is 0 Å². The smallest absolute Gasteiger partial charge is 0.142 e. The number of hydrogen-bond donors (Lipinski definition) is 0. The maximum atomic E-state index is 6.11. The summed E-state index contributed by atoms with van der Waals surface area (Å²) in [7, 11) is 0. The Morgan fingerprint density at radius 1 is 0.667 bits per heavy atom. The summed E-state index contributed by atoms with van der Waals surface area (Å²) in [5.74, 6) is 3.26. The van der Waals surface area contributed by atoms with Crippen molar-refractivity contribution >= 4 is 0 Å². The molecule has 0 radical (unpaired) electrons. The van der Waals surface area contributed by atoms with Crippen molar-refractivity contribution in [3.8, 4) is 11.5 Å². The summed E-state index contributed by atoms with van der Waals surface area (Å²) in [6, 6.07) is 14.5. The first kappa shape index (κ1) is 24.1. The molecule has 33 heavy (non-hydrogen) atoms. The van der Waals surface area contributed by atoms with Crippen molar-refractivity contribution in [1.82, 2.24) is 9.80 Å². The van der Waals surface area contributed by atoms with E-state index in [1.165, 1.54) is 22.3 Å². The van der Waals surface area contributed by atoms with E-state index in [2.05, 4.69) is 102 Å². The Labute approximate surface area is 200 Å². The van der Waals surface area contributed by atoms with Crippen molar-refractivity contribution in [2.45, 2.75) is 86.0 Å². The molecule has 180 valence electrons. The summed E-state index contributed by atoms with van der Waals surface area (Å²) in [6.07, 6.45) is 0. The molecule has 2 atom stereocenters. The predicted octanol–water partition coefficient (Wildman–Crippen LogP) is 6.41. The summed E-state index contributed by atoms with van der Waals surface area (Å²) in [5, 5.41) is 0. The standard InChI is InChI=1S/C29H42N2O2/c1-19(2)21(5)30-15-23-13-25(9-11-27(23)32-17-30)29(7,8)26-10-12-28-24(14-26)16-31(18-33-28)22(6)20(3)4/h9-14,19-22H,15-18H2,1-8H3/t21-,22-/m0/s1. The van der Waals surface area contributed by atoms with Crippen LogP contribution in [-0.4, -0.2) is 35.3 Å². The summed E-state index contributed by atoms with van der Waals surface area (Å²) < 4.78 is 12.2. The molecule has 2 aromatic rings. The molecule has 0 saturated heterocycles. The molecule has 4 rings (SSSR count). The van der Waals surface area contributed by atoms with Crippen LogP contribution < -0.4 is 9.47 Å². The third-order valence-electron chi connectivity index (χ3n) is 8.16. The minimum atomic E-state index is -0.109. The highest BCUT2D eigenvalue weighted by atomic mass is 16.5. The summed E-state index contributed by atoms with van der Waals surface area (Å²) in [6.45, 7) is 21.6. The molecule has 2 aliphatic rings. The molecular weight excluding hydrogens is 408 g/mol. The largest absolute Gasteiger partial charge is 0.478 e. The molecule has 0 unspecified atom stereocenters. The van der Waals surface area contributed by atoms with Crippen LogP contribution in [0, 0.1) is 11.8 Å². The molecule has 2 aliphatic heterocycles. The third kappa shape index (κ3) is 4.79. The fourth-order valence-corrected chi connectivity index (χ4v) is 4.83. The zero-order chi connectivity index (χ0) is 23.9. The molecule has 0 saturated carbocycles. The summed E-state index contributed by atoms with van der Waals surface area (Å²) in [4.78, 5) is 4.87. The first-order valence-electron chi connectivity index (χ1n) is 12.6. The molecule has 2 aromatic carbocycles. The first-order chi connectivity index (χ1) is 15.6. The van der Waals surface area contributed by atoms with Gasteiger partial charge in [0, 0.05) is 41.7 Å². The third-order valence-corrected chi connectivity index (χ3v) is 8.16. The van der Waals surface area contributed by atoms with Gasteiger partial charge in [-0.15, -0.1) is 0 Å². The topological polar surface area (TPSA) is 24.9 Å². The van der Waals surface area contributed by atoms with Gasteiger partial charge in [0.05, 0.1) is 0 Å². The average molecular weight is 451 g/mol. The van der Waals surface area contributed by atoms with Gasteiger partial charge in [-0.25, -0.2) is 0 Å². The van der Waals surface area contributed by atoms with Gasteiger partial charge in [0.15, 0.2) is 0 Å². The van der Waals surface area contributed by atoms with Crippen LogP contribution in [-0.2, 0) is 18.5 Å². The van der Waals surface area contributed by atoms with Crippen LogP contribution in [0.4, 0.5) is 0 Å². The monoisotopic (exact) mass is 450 g/mol. The van der Waals surface area contributed by atoms with E-state index in [0.29, 0.717) is 37.4 Å². The fourth-order valence-electron chi connectivity index (χ4n) is 4.83. The lowest BCUT2D eigenvalue weighted by molar-refractivity contribution is 0.0445. The lowest BCUT2D eigenvalue weighted by Gasteiger charge is -2.37. The summed E-state index contributed by atoms with van der Waals surface area (Å²) >= 11 is 0. The van der Waals surface area contributed by atoms with Crippen molar-refractivity contribution < 1.29 is 9.47 Å². The van der Waals surface area contributed by atoms with Crippen molar-refractivity contribution in [2.24, 2.45) is 11.8 Å². The normalized spacial score (nSPS) is 19.0. The van der Waals surface area contributed by atoms with E-state index in [1.807, 2.05) is 0 Å². The van der Waals surface area contributed by atoms with Gasteiger partial charge < -0.3 is 9.47 Å². The van der Waals surface area contributed by atoms with Crippen LogP contribution >= 0.6 is 0 Å². The van der Waals surface area contributed by atoms with Crippen LogP contribution in [0.3, 0.4) is 0 Å². The second-order valence-electron chi connectivity index (χ2n) is 11.3. The van der Waals surface area contributed by atoms with E-state index in [1.54, 1.807) is 0 Å². The maximum absolute atomic E-state index is 6.11. The highest BCUT2D eigenvalue weighted by Gasteiger charge is 2.30. The van der Waals surface area contributed by atoms with Crippen LogP contribution in [0.15, 0.2) is 36.4 Å². The molecule has 0 spiro atoms. The summed E-state index contributed by atoms with van der Waals surface area (Å²) in [5.41, 5.74) is 5.12. The van der Waals surface area contributed by atoms with Gasteiger partial charge in [0.2, 0.25) is 0 Å². The van der Waals surface area contributed by atoms with E-state index in [9.17, 15) is 0 Å². The number of rotatable bonds is 6. The highest BCUT2D eigenvalue weighted by Crippen LogP contribution is 2.38. The first-order valence-corrected chi connectivity index (χ1v) is 12.6. The fraction of sp³-hybridized carbons (Fsp3) is 0.586. The van der Waals surface area contributed by atoms with Crippen molar-refractivity contribution in [2.75, 3.05) is 13.5 Å². The molecule has 4 nitrogen and oxygen atoms in total. The molecule has 2 heterocycles. The zero-order valence-corrected chi connectivity index (χ0v) is 21.8. The molecule has 0 fully saturated rings. The molecule has 0 N–H and O–H groups in total. The Bertz CT molecular complexity index is 904. The molecule has 0 aliphatic carbocycles. The van der Waals surface area contributed by atoms with Gasteiger partial charge in [-0.3, -0.25) is 9.80 Å². The van der Waals surface area contributed by atoms with Crippen molar-refractivity contribution in [3.05, 3.63) is 58.7 Å². The number of ether oxygens (including phenoxy) is 2. The Hall–Kier alpha value is -2.04. The van der Waals surface area contributed by atoms with Crippen LogP contribution in [0.1, 0.15) is 77.6 Å². The van der Waals surface area contributed by atoms with Crippen LogP contribution in [0.2, 0.25) is 0 Å². The Morgan fingerprint density at radius 3 is 1.42 bits per heavy atom. The van der Waals surface area contributed by atoms with Crippen molar-refractivity contribution in [3.63, 3.8) is 0 Å². The zero-order valence-electron chi connectivity index (χ0n) is 21.8. The van der Waals surface area contributed by atoms with Gasteiger partial charge >= 0.3 is 0 Å². The minimum Gasteiger partial charge on any atom is -0.478 e. The average Bonchev–Trinajstić information content (AvgIpc) is 2.81. The van der Waals surface area contributed by atoms with Gasteiger partial charge in [-0.1, -0.05) is 53.7 Å². The van der Waals surface area contributed by atoms with E-state index < -0.39 is 0 Å². The van der Waals surface area contributed by atoms with E-state index in [4.69, 9.17) is 9.47 Å².